The topological polar surface area (TPSA) is 152 Å². The summed E-state index contributed by atoms with van der Waals surface area (Å²) in [5.74, 6) is -0.363. The summed E-state index contributed by atoms with van der Waals surface area (Å²) in [4.78, 5) is 65.1. The molecule has 3 N–H and O–H groups in total. The maximum Gasteiger partial charge on any atom is 0.408 e. The van der Waals surface area contributed by atoms with E-state index in [1.807, 2.05) is 73.7 Å². The summed E-state index contributed by atoms with van der Waals surface area (Å²) in [6, 6.07) is 18.3. The lowest BCUT2D eigenvalue weighted by Crippen LogP contribution is -2.55. The van der Waals surface area contributed by atoms with Gasteiger partial charge in [-0.05, 0) is 97.5 Å². The Balaban J connectivity index is 1.24. The van der Waals surface area contributed by atoms with Gasteiger partial charge in [-0.2, -0.15) is 0 Å². The molecule has 1 saturated heterocycles. The quantitative estimate of drug-likeness (QED) is 0.270. The van der Waals surface area contributed by atoms with Gasteiger partial charge in [0.25, 0.3) is 0 Å². The van der Waals surface area contributed by atoms with Gasteiger partial charge in [-0.25, -0.2) is 4.79 Å². The van der Waals surface area contributed by atoms with Crippen LogP contribution in [0.4, 0.5) is 4.79 Å². The number of fused-ring (bicyclic) bond motifs is 5. The molecule has 2 aliphatic heterocycles. The number of piperidine rings is 1. The minimum Gasteiger partial charge on any atom is -0.494 e. The summed E-state index contributed by atoms with van der Waals surface area (Å²) in [6.07, 6.45) is 5.50. The first-order chi connectivity index (χ1) is 24.8. The fourth-order valence-electron chi connectivity index (χ4n) is 6.51. The molecule has 0 saturated carbocycles. The van der Waals surface area contributed by atoms with Crippen LogP contribution >= 0.6 is 0 Å². The first kappa shape index (κ1) is 35.3. The molecule has 4 bridgehead atoms. The van der Waals surface area contributed by atoms with E-state index in [1.54, 1.807) is 17.3 Å². The van der Waals surface area contributed by atoms with Gasteiger partial charge in [-0.3, -0.25) is 24.4 Å². The van der Waals surface area contributed by atoms with Crippen LogP contribution in [0.5, 0.6) is 5.75 Å². The van der Waals surface area contributed by atoms with Crippen molar-refractivity contribution in [1.82, 2.24) is 30.8 Å². The Bertz CT molecular complexity index is 1850. The predicted octanol–water partition coefficient (Wildman–Crippen LogP) is 4.38. The Hall–Kier alpha value is -5.52. The van der Waals surface area contributed by atoms with Crippen molar-refractivity contribution in [2.75, 3.05) is 19.7 Å². The smallest absolute Gasteiger partial charge is 0.408 e. The monoisotopic (exact) mass is 692 g/mol. The van der Waals surface area contributed by atoms with E-state index in [4.69, 9.17) is 9.47 Å². The summed E-state index contributed by atoms with van der Waals surface area (Å²) in [5, 5.41) is 8.45. The van der Waals surface area contributed by atoms with Gasteiger partial charge in [0.1, 0.15) is 24.4 Å². The average Bonchev–Trinajstić information content (AvgIpc) is 3.15. The summed E-state index contributed by atoms with van der Waals surface area (Å²) in [7, 11) is 0. The lowest BCUT2D eigenvalue weighted by atomic mass is 9.94. The van der Waals surface area contributed by atoms with Crippen LogP contribution in [0.1, 0.15) is 54.4 Å². The number of benzene rings is 2. The van der Waals surface area contributed by atoms with E-state index in [9.17, 15) is 19.2 Å². The first-order valence-corrected chi connectivity index (χ1v) is 17.6. The van der Waals surface area contributed by atoms with Gasteiger partial charge in [0.2, 0.25) is 17.7 Å². The molecule has 4 amide bonds. The zero-order chi connectivity index (χ0) is 35.6. The molecule has 0 aliphatic carbocycles. The van der Waals surface area contributed by atoms with Gasteiger partial charge >= 0.3 is 6.09 Å². The molecule has 6 rings (SSSR count). The highest BCUT2D eigenvalue weighted by Gasteiger charge is 2.32. The molecule has 0 spiro atoms. The second-order valence-electron chi connectivity index (χ2n) is 13.2. The van der Waals surface area contributed by atoms with E-state index < -0.39 is 30.0 Å². The number of hydrogen-bond donors (Lipinski definition) is 3. The van der Waals surface area contributed by atoms with E-state index in [0.717, 1.165) is 52.5 Å². The third kappa shape index (κ3) is 9.80. The third-order valence-electron chi connectivity index (χ3n) is 9.50. The second-order valence-corrected chi connectivity index (χ2v) is 13.2. The van der Waals surface area contributed by atoms with Crippen LogP contribution in [0.2, 0.25) is 0 Å². The summed E-state index contributed by atoms with van der Waals surface area (Å²) in [6.45, 7) is 3.77. The Labute approximate surface area is 297 Å². The number of nitrogens with zero attached hydrogens (tertiary/aromatic N) is 3. The van der Waals surface area contributed by atoms with Crippen molar-refractivity contribution < 1.29 is 28.7 Å². The van der Waals surface area contributed by atoms with Gasteiger partial charge in [0.05, 0.1) is 24.1 Å². The minimum absolute atomic E-state index is 0.00880. The van der Waals surface area contributed by atoms with Crippen LogP contribution in [-0.2, 0) is 38.7 Å². The minimum atomic E-state index is -1.27. The summed E-state index contributed by atoms with van der Waals surface area (Å²) in [5.41, 5.74) is 4.99. The normalized spacial score (nSPS) is 20.3. The molecule has 2 unspecified atom stereocenters. The van der Waals surface area contributed by atoms with Crippen molar-refractivity contribution >= 4 is 34.8 Å². The molecule has 4 aromatic rings. The predicted molar refractivity (Wildman–Crippen MR) is 190 cm³/mol. The SMILES string of the molecule is Cc1ccc2cc1CNC(=O)C(CCc1cnc3cccnc3c1)NC(=O)[C@@H](NC(=O)OCc1ccccc1)CC(=O)N1CCCC(CCO2)C1. The van der Waals surface area contributed by atoms with Gasteiger partial charge in [-0.1, -0.05) is 36.4 Å². The number of ether oxygens (including phenoxy) is 2. The van der Waals surface area contributed by atoms with Gasteiger partial charge in [0, 0.05) is 32.0 Å². The summed E-state index contributed by atoms with van der Waals surface area (Å²) < 4.78 is 11.5. The van der Waals surface area contributed by atoms with Gasteiger partial charge in [-0.15, -0.1) is 0 Å². The molecule has 2 aromatic heterocycles. The van der Waals surface area contributed by atoms with E-state index in [-0.39, 0.29) is 37.8 Å². The molecule has 51 heavy (non-hydrogen) atoms. The average molecular weight is 693 g/mol. The Morgan fingerprint density at radius 3 is 2.71 bits per heavy atom. The number of aromatic nitrogens is 2. The van der Waals surface area contributed by atoms with E-state index in [0.29, 0.717) is 31.9 Å². The van der Waals surface area contributed by atoms with Gasteiger partial charge in [0.15, 0.2) is 0 Å². The molecule has 1 fully saturated rings. The van der Waals surface area contributed by atoms with Gasteiger partial charge < -0.3 is 30.3 Å². The number of aryl methyl sites for hydroxylation is 2. The number of rotatable bonds is 6. The number of amides is 4. The number of hydrogen-bond acceptors (Lipinski definition) is 8. The molecule has 12 heteroatoms. The second kappa shape index (κ2) is 16.9. The van der Waals surface area contributed by atoms with Crippen LogP contribution in [0, 0.1) is 12.8 Å². The van der Waals surface area contributed by atoms with Crippen LogP contribution in [0.15, 0.2) is 79.1 Å². The van der Waals surface area contributed by atoms with Crippen molar-refractivity contribution in [2.24, 2.45) is 5.92 Å². The van der Waals surface area contributed by atoms with Crippen molar-refractivity contribution in [3.8, 4) is 5.75 Å². The van der Waals surface area contributed by atoms with Crippen molar-refractivity contribution in [3.05, 3.63) is 101 Å². The highest BCUT2D eigenvalue weighted by Crippen LogP contribution is 2.23. The molecule has 3 atom stereocenters. The number of carbonyl (C=O) groups is 4. The van der Waals surface area contributed by atoms with Crippen LogP contribution in [0.25, 0.3) is 11.0 Å². The fourth-order valence-corrected chi connectivity index (χ4v) is 6.51. The molecule has 266 valence electrons. The Morgan fingerprint density at radius 2 is 1.84 bits per heavy atom. The van der Waals surface area contributed by atoms with Crippen LogP contribution in [-0.4, -0.2) is 70.5 Å². The molecular formula is C39H44N6O6. The van der Waals surface area contributed by atoms with Crippen molar-refractivity contribution in [1.29, 1.82) is 0 Å². The molecule has 2 aliphatic rings. The van der Waals surface area contributed by atoms with E-state index >= 15 is 0 Å². The van der Waals surface area contributed by atoms with Crippen LogP contribution < -0.4 is 20.7 Å². The highest BCUT2D eigenvalue weighted by molar-refractivity contribution is 5.94. The number of carbonyl (C=O) groups excluding carboxylic acids is 4. The zero-order valence-corrected chi connectivity index (χ0v) is 28.8. The molecular weight excluding hydrogens is 648 g/mol. The molecule has 4 heterocycles. The van der Waals surface area contributed by atoms with E-state index in [1.165, 1.54) is 0 Å². The van der Waals surface area contributed by atoms with E-state index in [2.05, 4.69) is 25.9 Å². The molecule has 2 aromatic carbocycles. The maximum atomic E-state index is 14.0. The van der Waals surface area contributed by atoms with Crippen molar-refractivity contribution in [3.63, 3.8) is 0 Å². The molecule has 12 nitrogen and oxygen atoms in total. The van der Waals surface area contributed by atoms with Crippen molar-refractivity contribution in [2.45, 2.75) is 70.7 Å². The fraction of sp³-hybridized carbons (Fsp3) is 0.385. The highest BCUT2D eigenvalue weighted by atomic mass is 16.5. The third-order valence-corrected chi connectivity index (χ3v) is 9.50. The molecule has 0 radical (unpaired) electrons. The Kier molecular flexibility index (Phi) is 11.7. The maximum absolute atomic E-state index is 14.0. The lowest BCUT2D eigenvalue weighted by molar-refractivity contribution is -0.137. The standard InChI is InChI=1S/C39H44N6O6/c1-26-11-13-31-20-30(26)23-42-37(47)33(14-12-29-19-34-32(41-22-29)10-5-16-40-34)43-38(48)35(44-39(49)51-25-28-7-3-2-4-8-28)21-36(46)45-17-6-9-27(24-45)15-18-50-31/h2-5,7-8,10-11,13,16,19-20,22,27,33,35H,6,9,12,14-15,17-18,21,23-25H2,1H3,(H,42,47)(H,43,48)(H,44,49)/t27?,33?,35-/m0/s1. The van der Waals surface area contributed by atoms with Crippen LogP contribution in [0.3, 0.4) is 0 Å². The lowest BCUT2D eigenvalue weighted by Gasteiger charge is -2.34. The first-order valence-electron chi connectivity index (χ1n) is 17.6. The summed E-state index contributed by atoms with van der Waals surface area (Å²) >= 11 is 0. The zero-order valence-electron chi connectivity index (χ0n) is 28.8. The largest absolute Gasteiger partial charge is 0.494 e. The number of pyridine rings is 2. The Morgan fingerprint density at radius 1 is 0.980 bits per heavy atom. The number of nitrogens with one attached hydrogen (secondary N) is 3. The number of alkyl carbamates (subject to hydrolysis) is 1.